The Morgan fingerprint density at radius 1 is 1.14 bits per heavy atom. The van der Waals surface area contributed by atoms with Crippen molar-refractivity contribution in [1.82, 2.24) is 20.4 Å². The first-order valence-corrected chi connectivity index (χ1v) is 9.16. The molecule has 3 aromatic rings. The van der Waals surface area contributed by atoms with Crippen LogP contribution in [-0.4, -0.2) is 47.3 Å². The molecule has 1 aromatic carbocycles. The average molecular weight is 379 g/mol. The van der Waals surface area contributed by atoms with Gasteiger partial charge in [0.25, 0.3) is 5.91 Å². The number of rotatable bonds is 5. The van der Waals surface area contributed by atoms with E-state index in [4.69, 9.17) is 9.26 Å². The zero-order valence-corrected chi connectivity index (χ0v) is 15.6. The highest BCUT2D eigenvalue weighted by atomic mass is 16.5. The number of ether oxygens (including phenoxy) is 1. The van der Waals surface area contributed by atoms with Crippen LogP contribution in [0.15, 0.2) is 47.0 Å². The Bertz CT molecular complexity index is 951. The minimum Gasteiger partial charge on any atom is -0.378 e. The fraction of sp³-hybridized carbons (Fsp3) is 0.300. The maximum Gasteiger partial charge on any atom is 0.273 e. The third-order valence-corrected chi connectivity index (χ3v) is 4.42. The van der Waals surface area contributed by atoms with E-state index in [2.05, 4.69) is 25.3 Å². The summed E-state index contributed by atoms with van der Waals surface area (Å²) in [5.74, 6) is 0.911. The smallest absolute Gasteiger partial charge is 0.273 e. The molecule has 4 rings (SSSR count). The normalized spacial score (nSPS) is 14.1. The van der Waals surface area contributed by atoms with Gasteiger partial charge in [-0.05, 0) is 13.0 Å². The highest BCUT2D eigenvalue weighted by Crippen LogP contribution is 2.19. The maximum atomic E-state index is 12.4. The quantitative estimate of drug-likeness (QED) is 0.726. The summed E-state index contributed by atoms with van der Waals surface area (Å²) in [6.07, 6.45) is 0. The van der Waals surface area contributed by atoms with Crippen molar-refractivity contribution in [3.63, 3.8) is 0 Å². The van der Waals surface area contributed by atoms with Crippen molar-refractivity contribution < 1.29 is 14.1 Å². The summed E-state index contributed by atoms with van der Waals surface area (Å²) in [7, 11) is 0. The highest BCUT2D eigenvalue weighted by Gasteiger charge is 2.16. The van der Waals surface area contributed by atoms with Crippen molar-refractivity contribution >= 4 is 11.9 Å². The van der Waals surface area contributed by atoms with E-state index in [-0.39, 0.29) is 18.1 Å². The Kier molecular flexibility index (Phi) is 5.29. The predicted molar refractivity (Wildman–Crippen MR) is 103 cm³/mol. The van der Waals surface area contributed by atoms with Crippen molar-refractivity contribution in [1.29, 1.82) is 0 Å². The topological polar surface area (TPSA) is 93.4 Å². The first-order valence-electron chi connectivity index (χ1n) is 9.16. The van der Waals surface area contributed by atoms with E-state index in [0.29, 0.717) is 24.9 Å². The molecule has 1 amide bonds. The van der Waals surface area contributed by atoms with Gasteiger partial charge in [0.05, 0.1) is 25.5 Å². The molecule has 0 spiro atoms. The van der Waals surface area contributed by atoms with Gasteiger partial charge in [0, 0.05) is 30.4 Å². The minimum absolute atomic E-state index is 0.234. The summed E-state index contributed by atoms with van der Waals surface area (Å²) in [5.41, 5.74) is 2.70. The molecule has 0 atom stereocenters. The van der Waals surface area contributed by atoms with Gasteiger partial charge in [0.2, 0.25) is 5.95 Å². The minimum atomic E-state index is -0.310. The number of morpholine rings is 1. The standard InChI is InChI=1S/C20H21N5O3/c1-14-11-16(23-20(22-14)25-7-9-27-10-8-25)13-21-19(26)17-12-18(28-24-17)15-5-3-2-4-6-15/h2-6,11-12H,7-10,13H2,1H3,(H,21,26). The van der Waals surface area contributed by atoms with Crippen molar-refractivity contribution in [2.45, 2.75) is 13.5 Å². The van der Waals surface area contributed by atoms with Gasteiger partial charge < -0.3 is 19.5 Å². The van der Waals surface area contributed by atoms with E-state index in [1.54, 1.807) is 6.07 Å². The molecule has 0 unspecified atom stereocenters. The van der Waals surface area contributed by atoms with E-state index >= 15 is 0 Å². The zero-order valence-electron chi connectivity index (χ0n) is 15.6. The van der Waals surface area contributed by atoms with Gasteiger partial charge in [0.1, 0.15) is 0 Å². The number of aromatic nitrogens is 3. The predicted octanol–water partition coefficient (Wildman–Crippen LogP) is 2.21. The number of nitrogens with zero attached hydrogens (tertiary/aromatic N) is 4. The average Bonchev–Trinajstić information content (AvgIpc) is 3.23. The first-order chi connectivity index (χ1) is 13.7. The van der Waals surface area contributed by atoms with Crippen LogP contribution >= 0.6 is 0 Å². The van der Waals surface area contributed by atoms with Crippen LogP contribution in [0.5, 0.6) is 0 Å². The molecule has 1 fully saturated rings. The first kappa shape index (κ1) is 18.1. The van der Waals surface area contributed by atoms with Crippen molar-refractivity contribution in [2.75, 3.05) is 31.2 Å². The SMILES string of the molecule is Cc1cc(CNC(=O)c2cc(-c3ccccc3)on2)nc(N2CCOCC2)n1. The van der Waals surface area contributed by atoms with Gasteiger partial charge in [-0.3, -0.25) is 4.79 Å². The molecule has 0 aliphatic carbocycles. The van der Waals surface area contributed by atoms with Gasteiger partial charge in [-0.2, -0.15) is 0 Å². The van der Waals surface area contributed by atoms with Gasteiger partial charge in [0.15, 0.2) is 11.5 Å². The molecule has 8 nitrogen and oxygen atoms in total. The lowest BCUT2D eigenvalue weighted by Crippen LogP contribution is -2.37. The Hall–Kier alpha value is -3.26. The number of amides is 1. The third-order valence-electron chi connectivity index (χ3n) is 4.42. The van der Waals surface area contributed by atoms with Crippen molar-refractivity contribution in [3.05, 3.63) is 59.5 Å². The van der Waals surface area contributed by atoms with Gasteiger partial charge in [-0.25, -0.2) is 9.97 Å². The number of nitrogens with one attached hydrogen (secondary N) is 1. The van der Waals surface area contributed by atoms with E-state index in [9.17, 15) is 4.79 Å². The Balaban J connectivity index is 1.42. The molecule has 0 saturated carbocycles. The van der Waals surface area contributed by atoms with Crippen LogP contribution in [-0.2, 0) is 11.3 Å². The largest absolute Gasteiger partial charge is 0.378 e. The number of benzene rings is 1. The molecule has 0 radical (unpaired) electrons. The van der Waals surface area contributed by atoms with Crippen LogP contribution in [0.2, 0.25) is 0 Å². The Labute approximate surface area is 162 Å². The molecular weight excluding hydrogens is 358 g/mol. The summed E-state index contributed by atoms with van der Waals surface area (Å²) in [6.45, 7) is 5.05. The molecule has 28 heavy (non-hydrogen) atoms. The van der Waals surface area contributed by atoms with Crippen LogP contribution < -0.4 is 10.2 Å². The summed E-state index contributed by atoms with van der Waals surface area (Å²) in [6, 6.07) is 13.0. The molecule has 1 aliphatic heterocycles. The van der Waals surface area contributed by atoms with Crippen LogP contribution in [0, 0.1) is 6.92 Å². The van der Waals surface area contributed by atoms with Crippen LogP contribution in [0.25, 0.3) is 11.3 Å². The second-order valence-corrected chi connectivity index (χ2v) is 6.53. The Morgan fingerprint density at radius 2 is 1.93 bits per heavy atom. The number of carbonyl (C=O) groups excluding carboxylic acids is 1. The maximum absolute atomic E-state index is 12.4. The number of carbonyl (C=O) groups is 1. The molecule has 3 heterocycles. The highest BCUT2D eigenvalue weighted by molar-refractivity contribution is 5.93. The molecule has 1 N–H and O–H groups in total. The van der Waals surface area contributed by atoms with E-state index in [0.717, 1.165) is 30.0 Å². The molecule has 1 aliphatic rings. The molecular formula is C20H21N5O3. The lowest BCUT2D eigenvalue weighted by atomic mass is 10.1. The van der Waals surface area contributed by atoms with Crippen LogP contribution in [0.3, 0.4) is 0 Å². The molecule has 1 saturated heterocycles. The van der Waals surface area contributed by atoms with E-state index in [1.165, 1.54) is 0 Å². The molecule has 144 valence electrons. The molecule has 8 heteroatoms. The van der Waals surface area contributed by atoms with Gasteiger partial charge in [-0.1, -0.05) is 35.5 Å². The van der Waals surface area contributed by atoms with Crippen molar-refractivity contribution in [3.8, 4) is 11.3 Å². The van der Waals surface area contributed by atoms with Crippen LogP contribution in [0.4, 0.5) is 5.95 Å². The second-order valence-electron chi connectivity index (χ2n) is 6.53. The summed E-state index contributed by atoms with van der Waals surface area (Å²) in [5, 5.41) is 6.71. The summed E-state index contributed by atoms with van der Waals surface area (Å²) >= 11 is 0. The zero-order chi connectivity index (χ0) is 19.3. The summed E-state index contributed by atoms with van der Waals surface area (Å²) < 4.78 is 10.7. The van der Waals surface area contributed by atoms with Crippen molar-refractivity contribution in [2.24, 2.45) is 0 Å². The second kappa shape index (κ2) is 8.18. The lowest BCUT2D eigenvalue weighted by Gasteiger charge is -2.27. The fourth-order valence-electron chi connectivity index (χ4n) is 2.99. The lowest BCUT2D eigenvalue weighted by molar-refractivity contribution is 0.0941. The van der Waals surface area contributed by atoms with E-state index < -0.39 is 0 Å². The monoisotopic (exact) mass is 379 g/mol. The number of hydrogen-bond donors (Lipinski definition) is 1. The molecule has 0 bridgehead atoms. The fourth-order valence-corrected chi connectivity index (χ4v) is 2.99. The van der Waals surface area contributed by atoms with Gasteiger partial charge in [-0.15, -0.1) is 0 Å². The number of anilines is 1. The van der Waals surface area contributed by atoms with E-state index in [1.807, 2.05) is 43.3 Å². The van der Waals surface area contributed by atoms with Crippen LogP contribution in [0.1, 0.15) is 21.9 Å². The summed E-state index contributed by atoms with van der Waals surface area (Å²) in [4.78, 5) is 23.6. The Morgan fingerprint density at radius 3 is 2.71 bits per heavy atom. The van der Waals surface area contributed by atoms with Gasteiger partial charge >= 0.3 is 0 Å². The number of aryl methyl sites for hydroxylation is 1. The third kappa shape index (κ3) is 4.17. The number of hydrogen-bond acceptors (Lipinski definition) is 7. The molecule has 2 aromatic heterocycles.